The van der Waals surface area contributed by atoms with Gasteiger partial charge in [0.15, 0.2) is 0 Å². The second-order valence-electron chi connectivity index (χ2n) is 14.7. The number of aromatic nitrogens is 1. The van der Waals surface area contributed by atoms with E-state index in [1.165, 1.54) is 81.9 Å². The molecule has 0 unspecified atom stereocenters. The second kappa shape index (κ2) is 11.6. The number of hydrogen-bond acceptors (Lipinski definition) is 3. The van der Waals surface area contributed by atoms with E-state index in [2.05, 4.69) is 193 Å². The molecule has 0 N–H and O–H groups in total. The summed E-state index contributed by atoms with van der Waals surface area (Å²) >= 11 is 1.77. The molecule has 2 aromatic heterocycles. The Kier molecular flexibility index (Phi) is 6.46. The van der Waals surface area contributed by atoms with Gasteiger partial charge in [0.1, 0.15) is 4.83 Å². The summed E-state index contributed by atoms with van der Waals surface area (Å²) in [6.45, 7) is 0. The van der Waals surface area contributed by atoms with Gasteiger partial charge in [0.2, 0.25) is 0 Å². The average molecular weight is 717 g/mol. The van der Waals surface area contributed by atoms with Crippen LogP contribution in [0.25, 0.3) is 64.5 Å². The highest BCUT2D eigenvalue weighted by Crippen LogP contribution is 2.63. The fraction of sp³-hybridized carbons (Fsp3) is 0.0192. The van der Waals surface area contributed by atoms with Gasteiger partial charge in [-0.25, -0.2) is 4.98 Å². The topological polar surface area (TPSA) is 16.1 Å². The molecule has 1 spiro atoms. The van der Waals surface area contributed by atoms with Crippen LogP contribution in [0.15, 0.2) is 194 Å². The van der Waals surface area contributed by atoms with Crippen molar-refractivity contribution in [3.05, 3.63) is 217 Å². The van der Waals surface area contributed by atoms with Gasteiger partial charge in [-0.3, -0.25) is 0 Å². The number of hydrogen-bond donors (Lipinski definition) is 0. The summed E-state index contributed by atoms with van der Waals surface area (Å²) in [5.74, 6) is 0. The van der Waals surface area contributed by atoms with Crippen molar-refractivity contribution >= 4 is 59.5 Å². The molecule has 10 aromatic rings. The minimum Gasteiger partial charge on any atom is -0.310 e. The standard InChI is InChI=1S/C52H32N2S/c1-2-12-33(13-3-1)34-22-24-37(25-23-34)54(48-28-29-53-51-50(48)43-30-35-14-4-5-15-36(35)31-49(43)55-51)38-26-27-47-42(32-38)41-18-8-11-21-46(41)52(47)44-19-9-6-16-39(44)40-17-7-10-20-45(40)52/h1-32H. The predicted molar refractivity (Wildman–Crippen MR) is 231 cm³/mol. The lowest BCUT2D eigenvalue weighted by molar-refractivity contribution is 0.794. The van der Waals surface area contributed by atoms with Crippen LogP contribution in [-0.2, 0) is 5.41 Å². The fourth-order valence-corrected chi connectivity index (χ4v) is 10.7. The normalized spacial score (nSPS) is 13.2. The lowest BCUT2D eigenvalue weighted by Crippen LogP contribution is -2.25. The molecule has 0 atom stereocenters. The first-order valence-corrected chi connectivity index (χ1v) is 19.7. The first kappa shape index (κ1) is 30.6. The van der Waals surface area contributed by atoms with E-state index in [1.54, 1.807) is 11.3 Å². The van der Waals surface area contributed by atoms with Crippen molar-refractivity contribution in [3.63, 3.8) is 0 Å². The number of anilines is 3. The van der Waals surface area contributed by atoms with Crippen LogP contribution in [0.3, 0.4) is 0 Å². The van der Waals surface area contributed by atoms with Crippen molar-refractivity contribution in [3.8, 4) is 33.4 Å². The summed E-state index contributed by atoms with van der Waals surface area (Å²) in [5, 5.41) is 4.89. The first-order chi connectivity index (χ1) is 27.3. The number of benzene rings is 8. The van der Waals surface area contributed by atoms with Crippen LogP contribution in [0, 0.1) is 0 Å². The van der Waals surface area contributed by atoms with Crippen LogP contribution in [0.5, 0.6) is 0 Å². The zero-order valence-electron chi connectivity index (χ0n) is 29.8. The fourth-order valence-electron chi connectivity index (χ4n) is 9.64. The summed E-state index contributed by atoms with van der Waals surface area (Å²) in [6, 6.07) is 69.4. The molecule has 8 aromatic carbocycles. The molecular formula is C52H32N2S. The van der Waals surface area contributed by atoms with Crippen LogP contribution in [0.1, 0.15) is 22.3 Å². The van der Waals surface area contributed by atoms with E-state index in [-0.39, 0.29) is 5.41 Å². The smallest absolute Gasteiger partial charge is 0.126 e. The molecular weight excluding hydrogens is 685 g/mol. The summed E-state index contributed by atoms with van der Waals surface area (Å²) in [5.41, 5.74) is 16.0. The molecule has 0 amide bonds. The summed E-state index contributed by atoms with van der Waals surface area (Å²) < 4.78 is 1.25. The van der Waals surface area contributed by atoms with Crippen LogP contribution in [0.4, 0.5) is 17.1 Å². The van der Waals surface area contributed by atoms with Crippen LogP contribution < -0.4 is 4.90 Å². The third-order valence-corrected chi connectivity index (χ3v) is 13.0. The minimum atomic E-state index is -0.381. The van der Waals surface area contributed by atoms with E-state index in [4.69, 9.17) is 4.98 Å². The maximum Gasteiger partial charge on any atom is 0.126 e. The molecule has 0 saturated heterocycles. The largest absolute Gasteiger partial charge is 0.310 e. The highest BCUT2D eigenvalue weighted by atomic mass is 32.1. The van der Waals surface area contributed by atoms with Gasteiger partial charge in [0.05, 0.1) is 11.1 Å². The summed E-state index contributed by atoms with van der Waals surface area (Å²) in [6.07, 6.45) is 1.97. The molecule has 3 heteroatoms. The summed E-state index contributed by atoms with van der Waals surface area (Å²) in [4.78, 5) is 8.45. The maximum atomic E-state index is 4.96. The third-order valence-electron chi connectivity index (χ3n) is 11.9. The molecule has 0 radical (unpaired) electrons. The molecule has 2 heterocycles. The minimum absolute atomic E-state index is 0.381. The number of nitrogens with zero attached hydrogens (tertiary/aromatic N) is 2. The van der Waals surface area contributed by atoms with Crippen molar-refractivity contribution in [2.24, 2.45) is 0 Å². The van der Waals surface area contributed by atoms with Gasteiger partial charge in [-0.1, -0.05) is 146 Å². The second-order valence-corrected chi connectivity index (χ2v) is 15.7. The maximum absolute atomic E-state index is 4.96. The van der Waals surface area contributed by atoms with Crippen molar-refractivity contribution in [1.29, 1.82) is 0 Å². The van der Waals surface area contributed by atoms with Gasteiger partial charge in [0.25, 0.3) is 0 Å². The molecule has 0 aliphatic heterocycles. The molecule has 2 nitrogen and oxygen atoms in total. The SMILES string of the molecule is c1ccc(-c2ccc(N(c3ccc4c(c3)-c3ccccc3C43c4ccccc4-c4ccccc43)c3ccnc4sc5cc6ccccc6cc5c34)cc2)cc1. The number of fused-ring (bicyclic) bond motifs is 14. The van der Waals surface area contributed by atoms with Crippen molar-refractivity contribution in [1.82, 2.24) is 4.98 Å². The molecule has 0 fully saturated rings. The van der Waals surface area contributed by atoms with Gasteiger partial charge in [-0.15, -0.1) is 11.3 Å². The lowest BCUT2D eigenvalue weighted by atomic mass is 9.70. The third kappa shape index (κ3) is 4.27. The molecule has 2 aliphatic carbocycles. The molecule has 256 valence electrons. The predicted octanol–water partition coefficient (Wildman–Crippen LogP) is 14.1. The first-order valence-electron chi connectivity index (χ1n) is 18.9. The van der Waals surface area contributed by atoms with E-state index in [9.17, 15) is 0 Å². The van der Waals surface area contributed by atoms with Crippen molar-refractivity contribution in [2.75, 3.05) is 4.90 Å². The zero-order valence-corrected chi connectivity index (χ0v) is 30.6. The van der Waals surface area contributed by atoms with Gasteiger partial charge < -0.3 is 4.90 Å². The highest BCUT2D eigenvalue weighted by molar-refractivity contribution is 7.25. The van der Waals surface area contributed by atoms with Gasteiger partial charge >= 0.3 is 0 Å². The van der Waals surface area contributed by atoms with Gasteiger partial charge in [0, 0.05) is 33.0 Å². The molecule has 0 saturated carbocycles. The molecule has 2 aliphatic rings. The molecule has 55 heavy (non-hydrogen) atoms. The number of rotatable bonds is 4. The number of thiophene rings is 1. The number of pyridine rings is 1. The van der Waals surface area contributed by atoms with Crippen molar-refractivity contribution < 1.29 is 0 Å². The molecule has 12 rings (SSSR count). The Bertz CT molecular complexity index is 3110. The Labute approximate surface area is 323 Å². The Morgan fingerprint density at radius 3 is 1.67 bits per heavy atom. The Morgan fingerprint density at radius 1 is 0.436 bits per heavy atom. The highest BCUT2D eigenvalue weighted by Gasteiger charge is 2.51. The lowest BCUT2D eigenvalue weighted by Gasteiger charge is -2.31. The molecule has 0 bridgehead atoms. The monoisotopic (exact) mass is 716 g/mol. The van der Waals surface area contributed by atoms with Crippen LogP contribution >= 0.6 is 11.3 Å². The van der Waals surface area contributed by atoms with E-state index < -0.39 is 0 Å². The summed E-state index contributed by atoms with van der Waals surface area (Å²) in [7, 11) is 0. The Hall–Kier alpha value is -6.81. The van der Waals surface area contributed by atoms with Crippen molar-refractivity contribution in [2.45, 2.75) is 5.41 Å². The Balaban J connectivity index is 1.12. The van der Waals surface area contributed by atoms with Crippen LogP contribution in [0.2, 0.25) is 0 Å². The van der Waals surface area contributed by atoms with E-state index in [1.807, 2.05) is 6.20 Å². The average Bonchev–Trinajstić information content (AvgIpc) is 3.87. The van der Waals surface area contributed by atoms with Gasteiger partial charge in [-0.05, 0) is 109 Å². The van der Waals surface area contributed by atoms with Gasteiger partial charge in [-0.2, -0.15) is 0 Å². The Morgan fingerprint density at radius 2 is 0.982 bits per heavy atom. The van der Waals surface area contributed by atoms with E-state index in [0.717, 1.165) is 21.9 Å². The van der Waals surface area contributed by atoms with E-state index in [0.29, 0.717) is 0 Å². The zero-order chi connectivity index (χ0) is 36.1. The van der Waals surface area contributed by atoms with Crippen LogP contribution in [-0.4, -0.2) is 4.98 Å². The van der Waals surface area contributed by atoms with E-state index >= 15 is 0 Å². The quantitative estimate of drug-likeness (QED) is 0.180.